The molecule has 142 valence electrons. The van der Waals surface area contributed by atoms with Crippen LogP contribution in [0.3, 0.4) is 0 Å². The van der Waals surface area contributed by atoms with Gasteiger partial charge in [-0.3, -0.25) is 0 Å². The largest absolute Gasteiger partial charge is 0.493 e. The minimum atomic E-state index is 0.117. The molecule has 1 atom stereocenters. The van der Waals surface area contributed by atoms with Crippen LogP contribution < -0.4 is 20.7 Å². The van der Waals surface area contributed by atoms with Crippen molar-refractivity contribution in [1.82, 2.24) is 10.3 Å². The highest BCUT2D eigenvalue weighted by atomic mass is 16.5. The number of aromatic nitrogens is 1. The third-order valence-electron chi connectivity index (χ3n) is 4.82. The predicted octanol–water partition coefficient (Wildman–Crippen LogP) is 1.85. The summed E-state index contributed by atoms with van der Waals surface area (Å²) in [4.78, 5) is 11.4. The van der Waals surface area contributed by atoms with Crippen molar-refractivity contribution in [1.29, 1.82) is 0 Å². The normalized spacial score (nSPS) is 19.9. The summed E-state index contributed by atoms with van der Waals surface area (Å²) in [6.07, 6.45) is 0.859. The Labute approximate surface area is 159 Å². The Balaban J connectivity index is 1.40. The third kappa shape index (κ3) is 4.31. The van der Waals surface area contributed by atoms with Gasteiger partial charge < -0.3 is 25.4 Å². The summed E-state index contributed by atoms with van der Waals surface area (Å²) in [5.74, 6) is 2.31. The maximum atomic E-state index is 6.13. The van der Waals surface area contributed by atoms with Crippen LogP contribution in [0.2, 0.25) is 0 Å². The Bertz CT molecular complexity index is 804. The van der Waals surface area contributed by atoms with Gasteiger partial charge in [0.15, 0.2) is 5.96 Å². The number of nitrogens with one attached hydrogen (secondary N) is 1. The van der Waals surface area contributed by atoms with E-state index in [4.69, 9.17) is 20.2 Å². The van der Waals surface area contributed by atoms with Crippen LogP contribution in [0.4, 0.5) is 5.82 Å². The SMILES string of the molecule is NC(=NCc1cccc(N2CCOCC2)n1)NC1CCOc2ccccc21. The predicted molar refractivity (Wildman–Crippen MR) is 105 cm³/mol. The first-order chi connectivity index (χ1) is 13.3. The molecule has 0 spiro atoms. The van der Waals surface area contributed by atoms with E-state index in [0.29, 0.717) is 19.1 Å². The molecule has 7 nitrogen and oxygen atoms in total. The van der Waals surface area contributed by atoms with Crippen LogP contribution in [-0.4, -0.2) is 43.9 Å². The molecular weight excluding hydrogens is 342 g/mol. The van der Waals surface area contributed by atoms with Gasteiger partial charge in [-0.15, -0.1) is 0 Å². The number of anilines is 1. The molecule has 3 N–H and O–H groups in total. The van der Waals surface area contributed by atoms with Gasteiger partial charge in [0, 0.05) is 25.1 Å². The van der Waals surface area contributed by atoms with E-state index in [-0.39, 0.29) is 6.04 Å². The lowest BCUT2D eigenvalue weighted by Crippen LogP contribution is -2.37. The van der Waals surface area contributed by atoms with E-state index >= 15 is 0 Å². The third-order valence-corrected chi connectivity index (χ3v) is 4.82. The Morgan fingerprint density at radius 3 is 2.89 bits per heavy atom. The first kappa shape index (κ1) is 17.6. The van der Waals surface area contributed by atoms with Crippen LogP contribution in [0, 0.1) is 0 Å². The molecule has 4 rings (SSSR count). The van der Waals surface area contributed by atoms with Crippen LogP contribution in [0.15, 0.2) is 47.5 Å². The fourth-order valence-electron chi connectivity index (χ4n) is 3.41. The Morgan fingerprint density at radius 1 is 1.15 bits per heavy atom. The van der Waals surface area contributed by atoms with E-state index in [1.54, 1.807) is 0 Å². The van der Waals surface area contributed by atoms with Gasteiger partial charge in [0.25, 0.3) is 0 Å². The first-order valence-electron chi connectivity index (χ1n) is 9.36. The summed E-state index contributed by atoms with van der Waals surface area (Å²) in [6.45, 7) is 4.34. The summed E-state index contributed by atoms with van der Waals surface area (Å²) in [6, 6.07) is 14.2. The topological polar surface area (TPSA) is 85.0 Å². The quantitative estimate of drug-likeness (QED) is 0.634. The molecule has 2 aliphatic heterocycles. The highest BCUT2D eigenvalue weighted by Gasteiger charge is 2.21. The highest BCUT2D eigenvalue weighted by Crippen LogP contribution is 2.31. The second-order valence-corrected chi connectivity index (χ2v) is 6.66. The zero-order valence-electron chi connectivity index (χ0n) is 15.3. The number of nitrogens with zero attached hydrogens (tertiary/aromatic N) is 3. The Hall–Kier alpha value is -2.80. The molecule has 0 aliphatic carbocycles. The van der Waals surface area contributed by atoms with Crippen molar-refractivity contribution in [3.05, 3.63) is 53.7 Å². The van der Waals surface area contributed by atoms with Crippen molar-refractivity contribution in [3.63, 3.8) is 0 Å². The highest BCUT2D eigenvalue weighted by molar-refractivity contribution is 5.78. The summed E-state index contributed by atoms with van der Waals surface area (Å²) in [5, 5.41) is 3.32. The van der Waals surface area contributed by atoms with E-state index in [1.807, 2.05) is 36.4 Å². The van der Waals surface area contributed by atoms with Gasteiger partial charge in [-0.05, 0) is 18.2 Å². The van der Waals surface area contributed by atoms with Gasteiger partial charge in [0.1, 0.15) is 11.6 Å². The number of fused-ring (bicyclic) bond motifs is 1. The van der Waals surface area contributed by atoms with E-state index in [2.05, 4.69) is 21.3 Å². The second kappa shape index (κ2) is 8.26. The van der Waals surface area contributed by atoms with Gasteiger partial charge in [-0.25, -0.2) is 9.98 Å². The van der Waals surface area contributed by atoms with Crippen LogP contribution in [0.25, 0.3) is 0 Å². The molecule has 2 aromatic rings. The number of ether oxygens (including phenoxy) is 2. The van der Waals surface area contributed by atoms with Gasteiger partial charge in [0.2, 0.25) is 0 Å². The monoisotopic (exact) mass is 367 g/mol. The number of pyridine rings is 1. The average molecular weight is 367 g/mol. The number of benzene rings is 1. The lowest BCUT2D eigenvalue weighted by molar-refractivity contribution is 0.122. The van der Waals surface area contributed by atoms with Crippen LogP contribution in [-0.2, 0) is 11.3 Å². The molecule has 0 saturated carbocycles. The fraction of sp³-hybridized carbons (Fsp3) is 0.400. The summed E-state index contributed by atoms with van der Waals surface area (Å²) < 4.78 is 11.1. The lowest BCUT2D eigenvalue weighted by atomic mass is 10.0. The van der Waals surface area contributed by atoms with E-state index in [9.17, 15) is 0 Å². The summed E-state index contributed by atoms with van der Waals surface area (Å²) in [7, 11) is 0. The standard InChI is InChI=1S/C20H25N5O2/c21-20(24-17-8-11-27-18-6-2-1-5-16(17)18)22-14-15-4-3-7-19(23-15)25-9-12-26-13-10-25/h1-7,17H,8-14H2,(H3,21,22,24). The van der Waals surface area contributed by atoms with E-state index in [0.717, 1.165) is 55.5 Å². The summed E-state index contributed by atoms with van der Waals surface area (Å²) in [5.41, 5.74) is 8.15. The molecular formula is C20H25N5O2. The lowest BCUT2D eigenvalue weighted by Gasteiger charge is -2.28. The van der Waals surface area contributed by atoms with Gasteiger partial charge in [-0.2, -0.15) is 0 Å². The van der Waals surface area contributed by atoms with Crippen LogP contribution >= 0.6 is 0 Å². The average Bonchev–Trinajstić information content (AvgIpc) is 2.73. The molecule has 0 bridgehead atoms. The number of hydrogen-bond acceptors (Lipinski definition) is 5. The number of aliphatic imine (C=N–C) groups is 1. The fourth-order valence-corrected chi connectivity index (χ4v) is 3.41. The van der Waals surface area contributed by atoms with Crippen LogP contribution in [0.5, 0.6) is 5.75 Å². The zero-order valence-corrected chi connectivity index (χ0v) is 15.3. The number of rotatable bonds is 4. The Morgan fingerprint density at radius 2 is 2.00 bits per heavy atom. The molecule has 1 saturated heterocycles. The van der Waals surface area contributed by atoms with Crippen molar-refractivity contribution < 1.29 is 9.47 Å². The van der Waals surface area contributed by atoms with Crippen molar-refractivity contribution in [2.45, 2.75) is 19.0 Å². The number of morpholine rings is 1. The number of para-hydroxylation sites is 1. The second-order valence-electron chi connectivity index (χ2n) is 6.66. The molecule has 0 amide bonds. The summed E-state index contributed by atoms with van der Waals surface area (Å²) >= 11 is 0. The first-order valence-corrected chi connectivity index (χ1v) is 9.36. The molecule has 27 heavy (non-hydrogen) atoms. The van der Waals surface area contributed by atoms with Crippen LogP contribution in [0.1, 0.15) is 23.7 Å². The molecule has 0 radical (unpaired) electrons. The smallest absolute Gasteiger partial charge is 0.189 e. The van der Waals surface area contributed by atoms with Crippen molar-refractivity contribution in [2.75, 3.05) is 37.8 Å². The molecule has 3 heterocycles. The number of guanidine groups is 1. The maximum Gasteiger partial charge on any atom is 0.189 e. The maximum absolute atomic E-state index is 6.13. The number of hydrogen-bond donors (Lipinski definition) is 2. The molecule has 1 aromatic carbocycles. The van der Waals surface area contributed by atoms with Crippen molar-refractivity contribution in [2.24, 2.45) is 10.7 Å². The molecule has 1 unspecified atom stereocenters. The molecule has 7 heteroatoms. The molecule has 1 aromatic heterocycles. The Kier molecular flexibility index (Phi) is 5.39. The zero-order chi connectivity index (χ0) is 18.5. The molecule has 1 fully saturated rings. The minimum absolute atomic E-state index is 0.117. The van der Waals surface area contributed by atoms with Crippen molar-refractivity contribution in [3.8, 4) is 5.75 Å². The minimum Gasteiger partial charge on any atom is -0.493 e. The van der Waals surface area contributed by atoms with E-state index in [1.165, 1.54) is 0 Å². The van der Waals surface area contributed by atoms with Crippen molar-refractivity contribution >= 4 is 11.8 Å². The number of nitrogens with two attached hydrogens (primary N) is 1. The van der Waals surface area contributed by atoms with E-state index < -0.39 is 0 Å². The van der Waals surface area contributed by atoms with Gasteiger partial charge in [-0.1, -0.05) is 24.3 Å². The molecule has 2 aliphatic rings. The van der Waals surface area contributed by atoms with Gasteiger partial charge >= 0.3 is 0 Å². The van der Waals surface area contributed by atoms with Gasteiger partial charge in [0.05, 0.1) is 38.1 Å².